The second-order valence-electron chi connectivity index (χ2n) is 3.48. The van der Waals surface area contributed by atoms with Crippen LogP contribution >= 0.6 is 0 Å². The molecule has 1 rings (SSSR count). The minimum absolute atomic E-state index is 0.0307. The van der Waals surface area contributed by atoms with Gasteiger partial charge >= 0.3 is 5.97 Å². The van der Waals surface area contributed by atoms with Crippen molar-refractivity contribution in [3.05, 3.63) is 35.9 Å². The largest absolute Gasteiger partial charge is 0.481 e. The monoisotopic (exact) mass is 221 g/mol. The number of carboxylic acid groups (broad SMARTS) is 1. The Morgan fingerprint density at radius 3 is 2.44 bits per heavy atom. The van der Waals surface area contributed by atoms with E-state index in [1.165, 1.54) is 0 Å². The van der Waals surface area contributed by atoms with Crippen LogP contribution in [0, 0.1) is 0 Å². The fourth-order valence-corrected chi connectivity index (χ4v) is 1.30. The van der Waals surface area contributed by atoms with Gasteiger partial charge in [-0.2, -0.15) is 0 Å². The Balaban J connectivity index is 2.18. The van der Waals surface area contributed by atoms with Crippen LogP contribution in [0.15, 0.2) is 30.3 Å². The molecule has 0 spiro atoms. The van der Waals surface area contributed by atoms with Gasteiger partial charge in [0.25, 0.3) is 0 Å². The second kappa shape index (κ2) is 6.61. The Kier molecular flexibility index (Phi) is 5.05. The van der Waals surface area contributed by atoms with Gasteiger partial charge in [0, 0.05) is 13.0 Å². The molecule has 0 saturated carbocycles. The number of aryl methyl sites for hydroxylation is 1. The van der Waals surface area contributed by atoms with E-state index in [4.69, 9.17) is 5.11 Å². The molecular formula is C12H15NO3. The first-order valence-electron chi connectivity index (χ1n) is 5.21. The predicted molar refractivity (Wildman–Crippen MR) is 60.0 cm³/mol. The highest BCUT2D eigenvalue weighted by Gasteiger charge is 2.02. The minimum Gasteiger partial charge on any atom is -0.481 e. The number of hydrogen-bond acceptors (Lipinski definition) is 2. The van der Waals surface area contributed by atoms with Crippen LogP contribution in [0.5, 0.6) is 0 Å². The molecule has 1 amide bonds. The molecule has 0 aliphatic rings. The van der Waals surface area contributed by atoms with E-state index in [2.05, 4.69) is 5.32 Å². The summed E-state index contributed by atoms with van der Waals surface area (Å²) >= 11 is 0. The zero-order valence-corrected chi connectivity index (χ0v) is 8.98. The van der Waals surface area contributed by atoms with Gasteiger partial charge in [-0.25, -0.2) is 0 Å². The maximum Gasteiger partial charge on any atom is 0.305 e. The van der Waals surface area contributed by atoms with Crippen LogP contribution in [0.1, 0.15) is 18.4 Å². The van der Waals surface area contributed by atoms with Gasteiger partial charge in [0.2, 0.25) is 5.91 Å². The first-order valence-corrected chi connectivity index (χ1v) is 5.21. The molecule has 86 valence electrons. The molecule has 0 saturated heterocycles. The number of carbonyl (C=O) groups excluding carboxylic acids is 1. The topological polar surface area (TPSA) is 66.4 Å². The van der Waals surface area contributed by atoms with Crippen molar-refractivity contribution in [3.63, 3.8) is 0 Å². The van der Waals surface area contributed by atoms with Gasteiger partial charge < -0.3 is 10.4 Å². The van der Waals surface area contributed by atoms with E-state index in [1.54, 1.807) is 0 Å². The Bertz CT molecular complexity index is 349. The SMILES string of the molecule is O=C(O)CCNC(=O)CCc1ccccc1. The molecule has 4 nitrogen and oxygen atoms in total. The van der Waals surface area contributed by atoms with E-state index in [1.807, 2.05) is 30.3 Å². The lowest BCUT2D eigenvalue weighted by molar-refractivity contribution is -0.136. The second-order valence-corrected chi connectivity index (χ2v) is 3.48. The number of nitrogens with one attached hydrogen (secondary N) is 1. The van der Waals surface area contributed by atoms with E-state index in [9.17, 15) is 9.59 Å². The van der Waals surface area contributed by atoms with Crippen molar-refractivity contribution >= 4 is 11.9 Å². The molecule has 0 heterocycles. The number of carboxylic acids is 1. The Morgan fingerprint density at radius 2 is 1.81 bits per heavy atom. The molecule has 1 aromatic carbocycles. The number of benzene rings is 1. The molecule has 16 heavy (non-hydrogen) atoms. The number of rotatable bonds is 6. The van der Waals surface area contributed by atoms with Gasteiger partial charge in [0.1, 0.15) is 0 Å². The van der Waals surface area contributed by atoms with Crippen LogP contribution < -0.4 is 5.32 Å². The standard InChI is InChI=1S/C12H15NO3/c14-11(13-9-8-12(15)16)7-6-10-4-2-1-3-5-10/h1-5H,6-9H2,(H,13,14)(H,15,16). The summed E-state index contributed by atoms with van der Waals surface area (Å²) in [6, 6.07) is 9.71. The van der Waals surface area contributed by atoms with Gasteiger partial charge in [-0.1, -0.05) is 30.3 Å². The Morgan fingerprint density at radius 1 is 1.12 bits per heavy atom. The van der Waals surface area contributed by atoms with Gasteiger partial charge in [0.05, 0.1) is 6.42 Å². The first kappa shape index (κ1) is 12.2. The summed E-state index contributed by atoms with van der Waals surface area (Å²) in [5, 5.41) is 10.9. The van der Waals surface area contributed by atoms with Gasteiger partial charge in [0.15, 0.2) is 0 Å². The molecule has 0 fully saturated rings. The molecular weight excluding hydrogens is 206 g/mol. The lowest BCUT2D eigenvalue weighted by atomic mass is 10.1. The smallest absolute Gasteiger partial charge is 0.305 e. The van der Waals surface area contributed by atoms with Crippen LogP contribution in [0.25, 0.3) is 0 Å². The van der Waals surface area contributed by atoms with E-state index in [-0.39, 0.29) is 18.9 Å². The van der Waals surface area contributed by atoms with Crippen molar-refractivity contribution < 1.29 is 14.7 Å². The third kappa shape index (κ3) is 5.14. The summed E-state index contributed by atoms with van der Waals surface area (Å²) in [6.45, 7) is 0.197. The fourth-order valence-electron chi connectivity index (χ4n) is 1.30. The van der Waals surface area contributed by atoms with Crippen LogP contribution in [0.2, 0.25) is 0 Å². The maximum absolute atomic E-state index is 11.3. The zero-order chi connectivity index (χ0) is 11.8. The molecule has 1 aromatic rings. The predicted octanol–water partition coefficient (Wildman–Crippen LogP) is 1.21. The summed E-state index contributed by atoms with van der Waals surface area (Å²) in [4.78, 5) is 21.5. The summed E-state index contributed by atoms with van der Waals surface area (Å²) in [5.41, 5.74) is 1.11. The van der Waals surface area contributed by atoms with Crippen molar-refractivity contribution in [1.82, 2.24) is 5.32 Å². The van der Waals surface area contributed by atoms with Gasteiger partial charge in [-0.3, -0.25) is 9.59 Å². The molecule has 0 atom stereocenters. The Labute approximate surface area is 94.3 Å². The van der Waals surface area contributed by atoms with Gasteiger partial charge in [-0.05, 0) is 12.0 Å². The minimum atomic E-state index is -0.900. The van der Waals surface area contributed by atoms with Crippen molar-refractivity contribution in [2.45, 2.75) is 19.3 Å². The summed E-state index contributed by atoms with van der Waals surface area (Å²) in [5.74, 6) is -1.01. The van der Waals surface area contributed by atoms with Crippen LogP contribution in [-0.2, 0) is 16.0 Å². The summed E-state index contributed by atoms with van der Waals surface area (Å²) in [7, 11) is 0. The Hall–Kier alpha value is -1.84. The highest BCUT2D eigenvalue weighted by molar-refractivity contribution is 5.77. The molecule has 2 N–H and O–H groups in total. The number of amides is 1. The lowest BCUT2D eigenvalue weighted by Gasteiger charge is -2.03. The van der Waals surface area contributed by atoms with Crippen LogP contribution in [0.4, 0.5) is 0 Å². The van der Waals surface area contributed by atoms with Crippen molar-refractivity contribution in [2.24, 2.45) is 0 Å². The quantitative estimate of drug-likeness (QED) is 0.758. The molecule has 0 unspecified atom stereocenters. The zero-order valence-electron chi connectivity index (χ0n) is 8.98. The van der Waals surface area contributed by atoms with Crippen LogP contribution in [0.3, 0.4) is 0 Å². The molecule has 0 aromatic heterocycles. The molecule has 0 radical (unpaired) electrons. The highest BCUT2D eigenvalue weighted by Crippen LogP contribution is 2.01. The molecule has 0 bridgehead atoms. The number of aliphatic carboxylic acids is 1. The highest BCUT2D eigenvalue weighted by atomic mass is 16.4. The fraction of sp³-hybridized carbons (Fsp3) is 0.333. The van der Waals surface area contributed by atoms with E-state index < -0.39 is 5.97 Å². The van der Waals surface area contributed by atoms with Crippen LogP contribution in [-0.4, -0.2) is 23.5 Å². The van der Waals surface area contributed by atoms with Gasteiger partial charge in [-0.15, -0.1) is 0 Å². The van der Waals surface area contributed by atoms with Crippen molar-refractivity contribution in [2.75, 3.05) is 6.54 Å². The average molecular weight is 221 g/mol. The third-order valence-electron chi connectivity index (χ3n) is 2.14. The normalized spacial score (nSPS) is 9.75. The summed E-state index contributed by atoms with van der Waals surface area (Å²) < 4.78 is 0. The number of carbonyl (C=O) groups is 2. The molecule has 4 heteroatoms. The number of hydrogen-bond donors (Lipinski definition) is 2. The maximum atomic E-state index is 11.3. The molecule has 0 aliphatic carbocycles. The van der Waals surface area contributed by atoms with Crippen molar-refractivity contribution in [3.8, 4) is 0 Å². The van der Waals surface area contributed by atoms with E-state index in [0.29, 0.717) is 12.8 Å². The third-order valence-corrected chi connectivity index (χ3v) is 2.14. The lowest BCUT2D eigenvalue weighted by Crippen LogP contribution is -2.26. The van der Waals surface area contributed by atoms with E-state index >= 15 is 0 Å². The van der Waals surface area contributed by atoms with E-state index in [0.717, 1.165) is 5.56 Å². The van der Waals surface area contributed by atoms with Crippen molar-refractivity contribution in [1.29, 1.82) is 0 Å². The average Bonchev–Trinajstić information content (AvgIpc) is 2.27. The first-order chi connectivity index (χ1) is 7.68. The molecule has 0 aliphatic heterocycles. The summed E-state index contributed by atoms with van der Waals surface area (Å²) in [6.07, 6.45) is 1.04.